The van der Waals surface area contributed by atoms with E-state index in [2.05, 4.69) is 15.3 Å². The van der Waals surface area contributed by atoms with Crippen molar-refractivity contribution in [3.05, 3.63) is 24.3 Å². The zero-order valence-electron chi connectivity index (χ0n) is 7.53. The smallest absolute Gasteiger partial charge is 0.115 e. The standard InChI is InChI=1S/C10H13N3/c1-2-10(3-1)6-13-9(10)8-4-11-7-12-5-8/h4-5,7,9,13H,1-3,6H2. The van der Waals surface area contributed by atoms with Gasteiger partial charge in [0.25, 0.3) is 0 Å². The Balaban J connectivity index is 1.87. The van der Waals surface area contributed by atoms with E-state index in [-0.39, 0.29) is 0 Å². The minimum absolute atomic E-state index is 0.530. The summed E-state index contributed by atoms with van der Waals surface area (Å²) in [4.78, 5) is 8.12. The highest BCUT2D eigenvalue weighted by molar-refractivity contribution is 5.21. The van der Waals surface area contributed by atoms with E-state index in [1.807, 2.05) is 12.4 Å². The van der Waals surface area contributed by atoms with Crippen LogP contribution in [0, 0.1) is 5.41 Å². The molecule has 0 aromatic carbocycles. The highest BCUT2D eigenvalue weighted by atomic mass is 15.1. The van der Waals surface area contributed by atoms with E-state index >= 15 is 0 Å². The summed E-state index contributed by atoms with van der Waals surface area (Å²) < 4.78 is 0. The van der Waals surface area contributed by atoms with Crippen LogP contribution in [0.15, 0.2) is 18.7 Å². The lowest BCUT2D eigenvalue weighted by Crippen LogP contribution is -2.59. The fourth-order valence-corrected chi connectivity index (χ4v) is 2.52. The molecule has 1 aromatic heterocycles. The zero-order valence-corrected chi connectivity index (χ0v) is 7.53. The van der Waals surface area contributed by atoms with Gasteiger partial charge in [-0.1, -0.05) is 6.42 Å². The molecule has 1 unspecified atom stereocenters. The van der Waals surface area contributed by atoms with Crippen molar-refractivity contribution in [2.45, 2.75) is 25.3 Å². The fraction of sp³-hybridized carbons (Fsp3) is 0.600. The summed E-state index contributed by atoms with van der Waals surface area (Å²) in [7, 11) is 0. The Labute approximate surface area is 77.6 Å². The van der Waals surface area contributed by atoms with Crippen LogP contribution in [-0.4, -0.2) is 16.5 Å². The Hall–Kier alpha value is -0.960. The van der Waals surface area contributed by atoms with Crippen LogP contribution in [-0.2, 0) is 0 Å². The van der Waals surface area contributed by atoms with Crippen LogP contribution in [0.5, 0.6) is 0 Å². The number of rotatable bonds is 1. The Bertz CT molecular complexity index is 300. The molecule has 1 N–H and O–H groups in total. The van der Waals surface area contributed by atoms with Crippen LogP contribution in [0.2, 0.25) is 0 Å². The highest BCUT2D eigenvalue weighted by Gasteiger charge is 2.51. The molecule has 1 spiro atoms. The summed E-state index contributed by atoms with van der Waals surface area (Å²) in [6, 6.07) is 0.530. The summed E-state index contributed by atoms with van der Waals surface area (Å²) >= 11 is 0. The number of aromatic nitrogens is 2. The van der Waals surface area contributed by atoms with Gasteiger partial charge in [0, 0.05) is 36.0 Å². The lowest BCUT2D eigenvalue weighted by molar-refractivity contribution is -0.00598. The zero-order chi connectivity index (χ0) is 8.73. The SMILES string of the molecule is c1ncc(C2NCC23CCC3)cn1. The first kappa shape index (κ1) is 7.44. The fourth-order valence-electron chi connectivity index (χ4n) is 2.52. The first-order chi connectivity index (χ1) is 6.41. The van der Waals surface area contributed by atoms with Gasteiger partial charge in [-0.3, -0.25) is 0 Å². The van der Waals surface area contributed by atoms with Gasteiger partial charge in [0.1, 0.15) is 6.33 Å². The average molecular weight is 175 g/mol. The monoisotopic (exact) mass is 175 g/mol. The third-order valence-corrected chi connectivity index (χ3v) is 3.53. The molecule has 0 bridgehead atoms. The Morgan fingerprint density at radius 3 is 2.54 bits per heavy atom. The molecule has 1 aliphatic carbocycles. The van der Waals surface area contributed by atoms with E-state index in [1.54, 1.807) is 6.33 Å². The van der Waals surface area contributed by atoms with Crippen LogP contribution >= 0.6 is 0 Å². The quantitative estimate of drug-likeness (QED) is 0.699. The van der Waals surface area contributed by atoms with Crippen LogP contribution in [0.25, 0.3) is 0 Å². The molecular weight excluding hydrogens is 162 g/mol. The average Bonchev–Trinajstić information content (AvgIpc) is 2.01. The van der Waals surface area contributed by atoms with Crippen molar-refractivity contribution < 1.29 is 0 Å². The van der Waals surface area contributed by atoms with Crippen LogP contribution in [0.4, 0.5) is 0 Å². The lowest BCUT2D eigenvalue weighted by atomic mass is 9.58. The van der Waals surface area contributed by atoms with Gasteiger partial charge in [-0.2, -0.15) is 0 Å². The van der Waals surface area contributed by atoms with Gasteiger partial charge in [0.05, 0.1) is 0 Å². The molecule has 1 atom stereocenters. The number of hydrogen-bond acceptors (Lipinski definition) is 3. The number of nitrogens with zero attached hydrogens (tertiary/aromatic N) is 2. The second-order valence-electron chi connectivity index (χ2n) is 4.20. The molecule has 0 radical (unpaired) electrons. The van der Waals surface area contributed by atoms with Gasteiger partial charge < -0.3 is 5.32 Å². The molecule has 3 rings (SSSR count). The van der Waals surface area contributed by atoms with Crippen molar-refractivity contribution in [1.29, 1.82) is 0 Å². The van der Waals surface area contributed by atoms with Gasteiger partial charge in [-0.05, 0) is 12.8 Å². The molecule has 68 valence electrons. The van der Waals surface area contributed by atoms with Crippen LogP contribution < -0.4 is 5.32 Å². The van der Waals surface area contributed by atoms with Crippen molar-refractivity contribution in [3.8, 4) is 0 Å². The number of nitrogens with one attached hydrogen (secondary N) is 1. The van der Waals surface area contributed by atoms with Crippen molar-refractivity contribution >= 4 is 0 Å². The minimum atomic E-state index is 0.530. The molecule has 3 heteroatoms. The molecular formula is C10H13N3. The molecule has 2 fully saturated rings. The van der Waals surface area contributed by atoms with E-state index in [9.17, 15) is 0 Å². The Morgan fingerprint density at radius 1 is 1.31 bits per heavy atom. The largest absolute Gasteiger partial charge is 0.309 e. The van der Waals surface area contributed by atoms with Gasteiger partial charge in [-0.25, -0.2) is 9.97 Å². The molecule has 1 saturated heterocycles. The van der Waals surface area contributed by atoms with E-state index in [1.165, 1.54) is 31.4 Å². The van der Waals surface area contributed by atoms with Gasteiger partial charge in [0.2, 0.25) is 0 Å². The van der Waals surface area contributed by atoms with Crippen molar-refractivity contribution in [1.82, 2.24) is 15.3 Å². The molecule has 2 aliphatic rings. The van der Waals surface area contributed by atoms with Crippen LogP contribution in [0.1, 0.15) is 30.9 Å². The third-order valence-electron chi connectivity index (χ3n) is 3.53. The number of hydrogen-bond donors (Lipinski definition) is 1. The molecule has 0 amide bonds. The Morgan fingerprint density at radius 2 is 2.08 bits per heavy atom. The van der Waals surface area contributed by atoms with Crippen molar-refractivity contribution in [2.75, 3.05) is 6.54 Å². The molecule has 3 nitrogen and oxygen atoms in total. The van der Waals surface area contributed by atoms with Gasteiger partial charge >= 0.3 is 0 Å². The van der Waals surface area contributed by atoms with E-state index < -0.39 is 0 Å². The maximum absolute atomic E-state index is 4.06. The van der Waals surface area contributed by atoms with Gasteiger partial charge in [-0.15, -0.1) is 0 Å². The maximum Gasteiger partial charge on any atom is 0.115 e. The van der Waals surface area contributed by atoms with Gasteiger partial charge in [0.15, 0.2) is 0 Å². The Kier molecular flexibility index (Phi) is 1.44. The summed E-state index contributed by atoms with van der Waals surface area (Å²) in [5.74, 6) is 0. The second kappa shape index (κ2) is 2.51. The molecule has 2 heterocycles. The molecule has 1 saturated carbocycles. The predicted molar refractivity (Wildman–Crippen MR) is 49.1 cm³/mol. The summed E-state index contributed by atoms with van der Waals surface area (Å²) in [6.07, 6.45) is 9.61. The van der Waals surface area contributed by atoms with E-state index in [0.717, 1.165) is 0 Å². The van der Waals surface area contributed by atoms with Crippen molar-refractivity contribution in [2.24, 2.45) is 5.41 Å². The maximum atomic E-state index is 4.06. The first-order valence-electron chi connectivity index (χ1n) is 4.89. The minimum Gasteiger partial charge on any atom is -0.309 e. The topological polar surface area (TPSA) is 37.8 Å². The van der Waals surface area contributed by atoms with E-state index in [0.29, 0.717) is 11.5 Å². The third kappa shape index (κ3) is 0.936. The molecule has 1 aliphatic heterocycles. The summed E-state index contributed by atoms with van der Waals surface area (Å²) in [5, 5.41) is 3.47. The first-order valence-corrected chi connectivity index (χ1v) is 4.89. The summed E-state index contributed by atoms with van der Waals surface area (Å²) in [6.45, 7) is 1.19. The predicted octanol–water partition coefficient (Wildman–Crippen LogP) is 1.29. The summed E-state index contributed by atoms with van der Waals surface area (Å²) in [5.41, 5.74) is 1.83. The lowest BCUT2D eigenvalue weighted by Gasteiger charge is -2.56. The molecule has 1 aromatic rings. The van der Waals surface area contributed by atoms with Crippen molar-refractivity contribution in [3.63, 3.8) is 0 Å². The normalized spacial score (nSPS) is 29.4. The van der Waals surface area contributed by atoms with Crippen LogP contribution in [0.3, 0.4) is 0 Å². The second-order valence-corrected chi connectivity index (χ2v) is 4.20. The highest BCUT2D eigenvalue weighted by Crippen LogP contribution is 2.54. The van der Waals surface area contributed by atoms with E-state index in [4.69, 9.17) is 0 Å². The molecule has 13 heavy (non-hydrogen) atoms.